The third-order valence-corrected chi connectivity index (χ3v) is 3.12. The van der Waals surface area contributed by atoms with Crippen molar-refractivity contribution in [1.82, 2.24) is 15.2 Å². The highest BCUT2D eigenvalue weighted by molar-refractivity contribution is 5.94. The summed E-state index contributed by atoms with van der Waals surface area (Å²) in [5.41, 5.74) is 2.43. The lowest BCUT2D eigenvalue weighted by atomic mass is 10.2. The normalized spacial score (nSPS) is 10.1. The fraction of sp³-hybridized carbons (Fsp3) is 0. The summed E-state index contributed by atoms with van der Waals surface area (Å²) in [5, 5.41) is 8.65. The van der Waals surface area contributed by atoms with Gasteiger partial charge in [-0.25, -0.2) is 0 Å². The van der Waals surface area contributed by atoms with Crippen molar-refractivity contribution in [2.45, 2.75) is 0 Å². The fourth-order valence-electron chi connectivity index (χ4n) is 2.09. The minimum Gasteiger partial charge on any atom is -0.296 e. The number of carbonyl (C=O) groups excluding carboxylic acids is 1. The van der Waals surface area contributed by atoms with E-state index in [4.69, 9.17) is 0 Å². The van der Waals surface area contributed by atoms with E-state index in [1.54, 1.807) is 0 Å². The maximum absolute atomic E-state index is 10.4. The van der Waals surface area contributed by atoms with Crippen LogP contribution in [0.2, 0.25) is 0 Å². The molecule has 0 aliphatic rings. The number of nitrogens with one attached hydrogen (secondary N) is 1. The molecule has 0 spiro atoms. The zero-order valence-corrected chi connectivity index (χ0v) is 11.2. The van der Waals surface area contributed by atoms with Crippen LogP contribution in [0.25, 0.3) is 21.8 Å². The van der Waals surface area contributed by atoms with Gasteiger partial charge in [0.05, 0.1) is 11.0 Å². The van der Waals surface area contributed by atoms with Crippen molar-refractivity contribution in [1.29, 1.82) is 0 Å². The number of pyridine rings is 1. The Morgan fingerprint density at radius 1 is 0.857 bits per heavy atom. The maximum Gasteiger partial charge on any atom is 0.168 e. The maximum atomic E-state index is 10.4. The standard InChI is InChI=1S/C9H7N.C8H6N2O/c1-2-6-9-8(4-1)5-3-7-10-9;11-5-8-6-3-1-2-4-7(6)9-10-8/h1-7H;1-5H,(H,9,10). The molecule has 0 radical (unpaired) electrons. The number of aromatic nitrogens is 3. The highest BCUT2D eigenvalue weighted by atomic mass is 16.1. The number of nitrogens with zero attached hydrogens (tertiary/aromatic N) is 2. The van der Waals surface area contributed by atoms with Gasteiger partial charge in [-0.1, -0.05) is 42.5 Å². The first-order valence-electron chi connectivity index (χ1n) is 6.56. The van der Waals surface area contributed by atoms with Gasteiger partial charge in [-0.2, -0.15) is 5.10 Å². The van der Waals surface area contributed by atoms with Gasteiger partial charge in [-0.15, -0.1) is 0 Å². The Morgan fingerprint density at radius 3 is 2.38 bits per heavy atom. The molecule has 0 aliphatic carbocycles. The number of hydrogen-bond acceptors (Lipinski definition) is 3. The van der Waals surface area contributed by atoms with Gasteiger partial charge in [0, 0.05) is 17.0 Å². The molecule has 0 fully saturated rings. The molecule has 0 bridgehead atoms. The average Bonchev–Trinajstić information content (AvgIpc) is 2.99. The zero-order chi connectivity index (χ0) is 14.5. The molecule has 0 amide bonds. The van der Waals surface area contributed by atoms with Crippen LogP contribution >= 0.6 is 0 Å². The number of rotatable bonds is 1. The van der Waals surface area contributed by atoms with Crippen LogP contribution in [0.1, 0.15) is 10.5 Å². The van der Waals surface area contributed by atoms with Crippen molar-refractivity contribution < 1.29 is 4.79 Å². The molecule has 0 unspecified atom stereocenters. The van der Waals surface area contributed by atoms with Gasteiger partial charge in [-0.3, -0.25) is 14.9 Å². The van der Waals surface area contributed by atoms with E-state index in [2.05, 4.69) is 27.3 Å². The topological polar surface area (TPSA) is 58.6 Å². The third kappa shape index (κ3) is 2.79. The number of para-hydroxylation sites is 2. The average molecular weight is 275 g/mol. The van der Waals surface area contributed by atoms with Crippen LogP contribution in [-0.2, 0) is 0 Å². The number of carbonyl (C=O) groups is 1. The lowest BCUT2D eigenvalue weighted by Crippen LogP contribution is -1.77. The molecular weight excluding hydrogens is 262 g/mol. The van der Waals surface area contributed by atoms with E-state index in [1.807, 2.05) is 54.7 Å². The van der Waals surface area contributed by atoms with Crippen LogP contribution in [0.5, 0.6) is 0 Å². The number of hydrogen-bond donors (Lipinski definition) is 1. The Balaban J connectivity index is 0.000000126. The Labute approximate surface area is 121 Å². The highest BCUT2D eigenvalue weighted by Gasteiger charge is 2.00. The lowest BCUT2D eigenvalue weighted by Gasteiger charge is -1.91. The van der Waals surface area contributed by atoms with Crippen LogP contribution in [0.4, 0.5) is 0 Å². The molecule has 4 heteroatoms. The molecule has 1 N–H and O–H groups in total. The van der Waals surface area contributed by atoms with Gasteiger partial charge in [0.2, 0.25) is 0 Å². The minimum absolute atomic E-state index is 0.542. The van der Waals surface area contributed by atoms with E-state index in [-0.39, 0.29) is 0 Å². The third-order valence-electron chi connectivity index (χ3n) is 3.12. The highest BCUT2D eigenvalue weighted by Crippen LogP contribution is 2.12. The Kier molecular flexibility index (Phi) is 3.69. The minimum atomic E-state index is 0.542. The van der Waals surface area contributed by atoms with E-state index in [9.17, 15) is 4.79 Å². The predicted octanol–water partition coefficient (Wildman–Crippen LogP) is 3.61. The van der Waals surface area contributed by atoms with Gasteiger partial charge >= 0.3 is 0 Å². The van der Waals surface area contributed by atoms with Gasteiger partial charge < -0.3 is 0 Å². The molecule has 21 heavy (non-hydrogen) atoms. The van der Waals surface area contributed by atoms with E-state index in [0.717, 1.165) is 22.7 Å². The molecule has 4 aromatic rings. The second kappa shape index (κ2) is 5.96. The summed E-state index contributed by atoms with van der Waals surface area (Å²) in [6.45, 7) is 0. The van der Waals surface area contributed by atoms with E-state index in [1.165, 1.54) is 5.39 Å². The molecular formula is C17H13N3O. The molecule has 4 nitrogen and oxygen atoms in total. The molecule has 0 saturated carbocycles. The van der Waals surface area contributed by atoms with Crippen molar-refractivity contribution >= 4 is 28.1 Å². The number of aldehydes is 1. The number of fused-ring (bicyclic) bond motifs is 2. The smallest absolute Gasteiger partial charge is 0.168 e. The zero-order valence-electron chi connectivity index (χ0n) is 11.2. The van der Waals surface area contributed by atoms with Crippen molar-refractivity contribution in [3.8, 4) is 0 Å². The molecule has 4 rings (SSSR count). The van der Waals surface area contributed by atoms with E-state index < -0.39 is 0 Å². The first-order valence-corrected chi connectivity index (χ1v) is 6.56. The van der Waals surface area contributed by atoms with Gasteiger partial charge in [-0.05, 0) is 18.2 Å². The summed E-state index contributed by atoms with van der Waals surface area (Å²) in [4.78, 5) is 14.6. The van der Waals surface area contributed by atoms with Crippen molar-refractivity contribution in [3.05, 3.63) is 72.6 Å². The van der Waals surface area contributed by atoms with Gasteiger partial charge in [0.15, 0.2) is 6.29 Å². The van der Waals surface area contributed by atoms with Crippen LogP contribution < -0.4 is 0 Å². The largest absolute Gasteiger partial charge is 0.296 e. The monoisotopic (exact) mass is 275 g/mol. The Morgan fingerprint density at radius 2 is 1.57 bits per heavy atom. The number of aromatic amines is 1. The molecule has 0 aliphatic heterocycles. The summed E-state index contributed by atoms with van der Waals surface area (Å²) >= 11 is 0. The second-order valence-electron chi connectivity index (χ2n) is 4.47. The van der Waals surface area contributed by atoms with E-state index >= 15 is 0 Å². The van der Waals surface area contributed by atoms with Crippen LogP contribution in [-0.4, -0.2) is 21.5 Å². The summed E-state index contributed by atoms with van der Waals surface area (Å²) in [6.07, 6.45) is 2.58. The first-order chi connectivity index (χ1) is 10.4. The molecule has 2 heterocycles. The summed E-state index contributed by atoms with van der Waals surface area (Å²) in [6, 6.07) is 19.6. The second-order valence-corrected chi connectivity index (χ2v) is 4.47. The molecule has 0 atom stereocenters. The van der Waals surface area contributed by atoms with Crippen molar-refractivity contribution in [2.24, 2.45) is 0 Å². The van der Waals surface area contributed by atoms with Crippen LogP contribution in [0.15, 0.2) is 66.9 Å². The van der Waals surface area contributed by atoms with Gasteiger partial charge in [0.25, 0.3) is 0 Å². The molecule has 102 valence electrons. The van der Waals surface area contributed by atoms with Crippen molar-refractivity contribution in [3.63, 3.8) is 0 Å². The van der Waals surface area contributed by atoms with Gasteiger partial charge in [0.1, 0.15) is 5.69 Å². The number of benzene rings is 2. The van der Waals surface area contributed by atoms with E-state index in [0.29, 0.717) is 5.69 Å². The van der Waals surface area contributed by atoms with Crippen molar-refractivity contribution in [2.75, 3.05) is 0 Å². The summed E-state index contributed by atoms with van der Waals surface area (Å²) in [5.74, 6) is 0. The first kappa shape index (κ1) is 13.0. The molecule has 2 aromatic carbocycles. The summed E-state index contributed by atoms with van der Waals surface area (Å²) < 4.78 is 0. The number of H-pyrrole nitrogens is 1. The fourth-order valence-corrected chi connectivity index (χ4v) is 2.09. The molecule has 0 saturated heterocycles. The quantitative estimate of drug-likeness (QED) is 0.540. The summed E-state index contributed by atoms with van der Waals surface area (Å²) in [7, 11) is 0. The Bertz CT molecular complexity index is 818. The van der Waals surface area contributed by atoms with Crippen LogP contribution in [0, 0.1) is 0 Å². The predicted molar refractivity (Wildman–Crippen MR) is 83.2 cm³/mol. The SMILES string of the molecule is O=Cc1[nH]nc2ccccc12.c1ccc2ncccc2c1. The van der Waals surface area contributed by atoms with Crippen LogP contribution in [0.3, 0.4) is 0 Å². The lowest BCUT2D eigenvalue weighted by molar-refractivity contribution is 0.112. The molecule has 2 aromatic heterocycles. The Hall–Kier alpha value is -3.01.